The molecule has 1 aromatic heterocycles. The minimum Gasteiger partial charge on any atom is -0.344 e. The van der Waals surface area contributed by atoms with Crippen molar-refractivity contribution in [3.63, 3.8) is 0 Å². The van der Waals surface area contributed by atoms with Crippen LogP contribution in [0.5, 0.6) is 0 Å². The zero-order valence-electron chi connectivity index (χ0n) is 10.9. The van der Waals surface area contributed by atoms with Crippen LogP contribution < -0.4 is 4.72 Å². The second-order valence-electron chi connectivity index (χ2n) is 4.48. The zero-order chi connectivity index (χ0) is 14.0. The first-order valence-corrected chi connectivity index (χ1v) is 7.71. The number of hydrogen-bond acceptors (Lipinski definition) is 5. The highest BCUT2D eigenvalue weighted by atomic mass is 32.2. The molecule has 2 rings (SSSR count). The van der Waals surface area contributed by atoms with Crippen molar-refractivity contribution in [3.8, 4) is 0 Å². The molecule has 1 amide bonds. The fourth-order valence-corrected chi connectivity index (χ4v) is 2.45. The Hall–Kier alpha value is -1.48. The van der Waals surface area contributed by atoms with Gasteiger partial charge in [0.05, 0.1) is 24.2 Å². The van der Waals surface area contributed by atoms with E-state index >= 15 is 0 Å². The van der Waals surface area contributed by atoms with Gasteiger partial charge in [0.1, 0.15) is 6.04 Å². The standard InChI is InChI=1S/C10H17N5O3S/c1-3-19(17,18)11-6-8-7-15(13-12-8)9-4-5-14(2)10(9)16/h7,9,11H,3-6H2,1-2H3. The average Bonchev–Trinajstić information content (AvgIpc) is 2.96. The number of rotatable bonds is 5. The van der Waals surface area contributed by atoms with E-state index in [2.05, 4.69) is 15.0 Å². The first-order valence-electron chi connectivity index (χ1n) is 6.06. The van der Waals surface area contributed by atoms with Crippen LogP contribution in [0.4, 0.5) is 0 Å². The summed E-state index contributed by atoms with van der Waals surface area (Å²) in [5.41, 5.74) is 0.499. The van der Waals surface area contributed by atoms with Gasteiger partial charge in [-0.25, -0.2) is 17.8 Å². The van der Waals surface area contributed by atoms with E-state index in [1.54, 1.807) is 25.1 Å². The quantitative estimate of drug-likeness (QED) is 0.758. The van der Waals surface area contributed by atoms with Crippen LogP contribution in [0.3, 0.4) is 0 Å². The zero-order valence-corrected chi connectivity index (χ0v) is 11.7. The molecule has 0 bridgehead atoms. The molecule has 1 N–H and O–H groups in total. The van der Waals surface area contributed by atoms with Crippen molar-refractivity contribution >= 4 is 15.9 Å². The van der Waals surface area contributed by atoms with Gasteiger partial charge in [-0.2, -0.15) is 0 Å². The molecule has 0 aromatic carbocycles. The summed E-state index contributed by atoms with van der Waals surface area (Å²) in [5.74, 6) is 0.0261. The van der Waals surface area contributed by atoms with Crippen molar-refractivity contribution in [1.29, 1.82) is 0 Å². The van der Waals surface area contributed by atoms with Gasteiger partial charge < -0.3 is 4.90 Å². The number of aromatic nitrogens is 3. The molecular formula is C10H17N5O3S. The second-order valence-corrected chi connectivity index (χ2v) is 6.57. The number of hydrogen-bond donors (Lipinski definition) is 1. The molecule has 106 valence electrons. The van der Waals surface area contributed by atoms with Gasteiger partial charge in [0, 0.05) is 13.6 Å². The fourth-order valence-electron chi connectivity index (χ4n) is 1.88. The van der Waals surface area contributed by atoms with Crippen LogP contribution in [0.15, 0.2) is 6.20 Å². The summed E-state index contributed by atoms with van der Waals surface area (Å²) >= 11 is 0. The average molecular weight is 287 g/mol. The van der Waals surface area contributed by atoms with E-state index in [1.165, 1.54) is 4.68 Å². The fraction of sp³-hybridized carbons (Fsp3) is 0.700. The van der Waals surface area contributed by atoms with Crippen molar-refractivity contribution in [2.75, 3.05) is 19.3 Å². The number of carbonyl (C=O) groups is 1. The van der Waals surface area contributed by atoms with Gasteiger partial charge in [0.25, 0.3) is 0 Å². The van der Waals surface area contributed by atoms with Gasteiger partial charge in [-0.05, 0) is 13.3 Å². The Bertz CT molecular complexity index is 567. The van der Waals surface area contributed by atoms with Gasteiger partial charge in [-0.3, -0.25) is 4.79 Å². The minimum absolute atomic E-state index is 0.00517. The summed E-state index contributed by atoms with van der Waals surface area (Å²) in [7, 11) is -1.50. The number of likely N-dealkylation sites (N-methyl/N-ethyl adjacent to an activating group) is 1. The number of nitrogens with zero attached hydrogens (tertiary/aromatic N) is 4. The molecule has 0 spiro atoms. The van der Waals surface area contributed by atoms with Crippen molar-refractivity contribution < 1.29 is 13.2 Å². The Balaban J connectivity index is 2.02. The van der Waals surface area contributed by atoms with Crippen LogP contribution in [0.1, 0.15) is 25.1 Å². The SMILES string of the molecule is CCS(=O)(=O)NCc1cn(C2CCN(C)C2=O)nn1. The third-order valence-corrected chi connectivity index (χ3v) is 4.47. The third-order valence-electron chi connectivity index (χ3n) is 3.13. The largest absolute Gasteiger partial charge is 0.344 e. The molecule has 1 aliphatic rings. The predicted octanol–water partition coefficient (Wildman–Crippen LogP) is -0.879. The van der Waals surface area contributed by atoms with Crippen LogP contribution in [0, 0.1) is 0 Å². The van der Waals surface area contributed by atoms with E-state index in [0.29, 0.717) is 18.7 Å². The van der Waals surface area contributed by atoms with Crippen molar-refractivity contribution in [1.82, 2.24) is 24.6 Å². The highest BCUT2D eigenvalue weighted by molar-refractivity contribution is 7.89. The van der Waals surface area contributed by atoms with Gasteiger partial charge in [0.15, 0.2) is 0 Å². The molecular weight excluding hydrogens is 270 g/mol. The summed E-state index contributed by atoms with van der Waals surface area (Å²) in [6.45, 7) is 2.35. The summed E-state index contributed by atoms with van der Waals surface area (Å²) in [5, 5.41) is 7.77. The Kier molecular flexibility index (Phi) is 3.85. The summed E-state index contributed by atoms with van der Waals surface area (Å²) in [6.07, 6.45) is 2.30. The molecule has 0 saturated carbocycles. The lowest BCUT2D eigenvalue weighted by molar-refractivity contribution is -0.129. The highest BCUT2D eigenvalue weighted by Crippen LogP contribution is 2.20. The topological polar surface area (TPSA) is 97.2 Å². The second kappa shape index (κ2) is 5.25. The van der Waals surface area contributed by atoms with Crippen LogP contribution >= 0.6 is 0 Å². The molecule has 1 aliphatic heterocycles. The number of carbonyl (C=O) groups excluding carboxylic acids is 1. The van der Waals surface area contributed by atoms with E-state index in [1.807, 2.05) is 0 Å². The molecule has 0 radical (unpaired) electrons. The molecule has 8 nitrogen and oxygen atoms in total. The van der Waals surface area contributed by atoms with E-state index in [4.69, 9.17) is 0 Å². The van der Waals surface area contributed by atoms with E-state index < -0.39 is 10.0 Å². The van der Waals surface area contributed by atoms with E-state index in [0.717, 1.165) is 0 Å². The molecule has 1 saturated heterocycles. The monoisotopic (exact) mass is 287 g/mol. The molecule has 0 aliphatic carbocycles. The number of likely N-dealkylation sites (tertiary alicyclic amines) is 1. The summed E-state index contributed by atoms with van der Waals surface area (Å²) < 4.78 is 26.5. The molecule has 2 heterocycles. The van der Waals surface area contributed by atoms with Gasteiger partial charge in [0.2, 0.25) is 15.9 Å². The maximum atomic E-state index is 11.8. The van der Waals surface area contributed by atoms with Crippen molar-refractivity contribution in [2.24, 2.45) is 0 Å². The molecule has 1 fully saturated rings. The number of nitrogens with one attached hydrogen (secondary N) is 1. The Morgan fingerprint density at radius 3 is 2.84 bits per heavy atom. The first-order chi connectivity index (χ1) is 8.93. The van der Waals surface area contributed by atoms with Crippen molar-refractivity contribution in [3.05, 3.63) is 11.9 Å². The third kappa shape index (κ3) is 3.10. The van der Waals surface area contributed by atoms with Gasteiger partial charge in [-0.15, -0.1) is 5.10 Å². The van der Waals surface area contributed by atoms with Crippen molar-refractivity contribution in [2.45, 2.75) is 25.9 Å². The highest BCUT2D eigenvalue weighted by Gasteiger charge is 2.31. The van der Waals surface area contributed by atoms with E-state index in [-0.39, 0.29) is 24.2 Å². The lowest BCUT2D eigenvalue weighted by atomic mass is 10.2. The smallest absolute Gasteiger partial charge is 0.247 e. The lowest BCUT2D eigenvalue weighted by Crippen LogP contribution is -2.25. The van der Waals surface area contributed by atoms with Crippen LogP contribution in [0.25, 0.3) is 0 Å². The first kappa shape index (κ1) is 13.9. The Morgan fingerprint density at radius 1 is 1.53 bits per heavy atom. The van der Waals surface area contributed by atoms with E-state index in [9.17, 15) is 13.2 Å². The Morgan fingerprint density at radius 2 is 2.26 bits per heavy atom. The van der Waals surface area contributed by atoms with Crippen LogP contribution in [-0.2, 0) is 21.4 Å². The molecule has 1 atom stereocenters. The Labute approximate surface area is 111 Å². The predicted molar refractivity (Wildman–Crippen MR) is 67.6 cm³/mol. The minimum atomic E-state index is -3.25. The van der Waals surface area contributed by atoms with Gasteiger partial charge in [-0.1, -0.05) is 5.21 Å². The maximum absolute atomic E-state index is 11.8. The molecule has 19 heavy (non-hydrogen) atoms. The van der Waals surface area contributed by atoms with Crippen LogP contribution in [0.2, 0.25) is 0 Å². The molecule has 9 heteroatoms. The lowest BCUT2D eigenvalue weighted by Gasteiger charge is -2.09. The van der Waals surface area contributed by atoms with Gasteiger partial charge >= 0.3 is 0 Å². The molecule has 1 unspecified atom stereocenters. The maximum Gasteiger partial charge on any atom is 0.247 e. The summed E-state index contributed by atoms with van der Waals surface area (Å²) in [6, 6.07) is -0.325. The molecule has 1 aromatic rings. The number of sulfonamides is 1. The van der Waals surface area contributed by atoms with Crippen LogP contribution in [-0.4, -0.2) is 53.6 Å². The number of amides is 1. The normalized spacial score (nSPS) is 20.2. The summed E-state index contributed by atoms with van der Waals surface area (Å²) in [4.78, 5) is 13.4.